The van der Waals surface area contributed by atoms with Gasteiger partial charge in [-0.15, -0.1) is 21.8 Å². The number of aromatic nitrogens is 3. The fourth-order valence-corrected chi connectivity index (χ4v) is 1.40. The van der Waals surface area contributed by atoms with E-state index in [0.717, 1.165) is 0 Å². The average Bonchev–Trinajstić information content (AvgIpc) is 2.70. The molecule has 0 spiro atoms. The fraction of sp³-hybridized carbons (Fsp3) is 0.700. The van der Waals surface area contributed by atoms with Gasteiger partial charge in [-0.1, -0.05) is 13.8 Å². The van der Waals surface area contributed by atoms with Gasteiger partial charge in [-0.3, -0.25) is 4.79 Å². The molecule has 0 saturated heterocycles. The van der Waals surface area contributed by atoms with E-state index in [2.05, 4.69) is 29.4 Å². The predicted molar refractivity (Wildman–Crippen MR) is 62.0 cm³/mol. The number of aryl methyl sites for hydroxylation is 1. The van der Waals surface area contributed by atoms with Gasteiger partial charge >= 0.3 is 0 Å². The summed E-state index contributed by atoms with van der Waals surface area (Å²) in [4.78, 5) is 11.4. The van der Waals surface area contributed by atoms with Gasteiger partial charge in [0.2, 0.25) is 5.91 Å². The number of nitrogens with one attached hydrogen (secondary N) is 1. The zero-order valence-corrected chi connectivity index (χ0v) is 10.4. The van der Waals surface area contributed by atoms with Crippen molar-refractivity contribution in [3.05, 3.63) is 12.2 Å². The average molecular weight is 245 g/mol. The first-order valence-electron chi connectivity index (χ1n) is 5.32. The lowest BCUT2D eigenvalue weighted by Gasteiger charge is -2.08. The molecule has 0 unspecified atom stereocenters. The second kappa shape index (κ2) is 6.48. The van der Waals surface area contributed by atoms with E-state index in [1.54, 1.807) is 10.9 Å². The summed E-state index contributed by atoms with van der Waals surface area (Å²) in [5.41, 5.74) is 0. The van der Waals surface area contributed by atoms with Crippen molar-refractivity contribution in [3.8, 4) is 0 Å². The number of nitrogens with zero attached hydrogens (tertiary/aromatic N) is 3. The third kappa shape index (κ3) is 4.18. The molecule has 1 aromatic heterocycles. The van der Waals surface area contributed by atoms with Gasteiger partial charge in [0, 0.05) is 19.5 Å². The molecule has 0 radical (unpaired) electrons. The molecule has 1 aromatic rings. The Morgan fingerprint density at radius 2 is 2.38 bits per heavy atom. The van der Waals surface area contributed by atoms with Crippen LogP contribution in [0.5, 0.6) is 0 Å². The Balaban J connectivity index is 2.31. The second-order valence-corrected chi connectivity index (χ2v) is 4.29. The van der Waals surface area contributed by atoms with Gasteiger partial charge in [-0.2, -0.15) is 0 Å². The number of alkyl halides is 1. The first-order valence-corrected chi connectivity index (χ1v) is 5.86. The standard InChI is InChI=1S/C10H17ClN4O/c1-8(2)6-12-10(16)3-4-15-7-13-14-9(15)5-11/h7-8H,3-6H2,1-2H3,(H,12,16). The van der Waals surface area contributed by atoms with Crippen molar-refractivity contribution in [2.45, 2.75) is 32.7 Å². The molecule has 6 heteroatoms. The minimum atomic E-state index is 0.0444. The van der Waals surface area contributed by atoms with E-state index in [9.17, 15) is 4.79 Å². The highest BCUT2D eigenvalue weighted by Crippen LogP contribution is 2.00. The Bertz CT molecular complexity index is 337. The molecule has 1 rings (SSSR count). The Hall–Kier alpha value is -1.10. The maximum Gasteiger partial charge on any atom is 0.221 e. The minimum Gasteiger partial charge on any atom is -0.356 e. The number of carbonyl (C=O) groups is 1. The van der Waals surface area contributed by atoms with Crippen LogP contribution in [0.2, 0.25) is 0 Å². The van der Waals surface area contributed by atoms with Crippen LogP contribution in [-0.4, -0.2) is 27.2 Å². The summed E-state index contributed by atoms with van der Waals surface area (Å²) in [7, 11) is 0. The molecule has 0 saturated carbocycles. The molecule has 0 aliphatic carbocycles. The van der Waals surface area contributed by atoms with Crippen LogP contribution in [0.15, 0.2) is 6.33 Å². The highest BCUT2D eigenvalue weighted by Gasteiger charge is 2.06. The Kier molecular flexibility index (Phi) is 5.25. The molecule has 0 fully saturated rings. The number of hydrogen-bond acceptors (Lipinski definition) is 3. The monoisotopic (exact) mass is 244 g/mol. The van der Waals surface area contributed by atoms with Crippen molar-refractivity contribution in [2.24, 2.45) is 5.92 Å². The zero-order valence-electron chi connectivity index (χ0n) is 9.61. The van der Waals surface area contributed by atoms with Crippen molar-refractivity contribution in [1.82, 2.24) is 20.1 Å². The van der Waals surface area contributed by atoms with E-state index in [1.165, 1.54) is 0 Å². The van der Waals surface area contributed by atoms with Gasteiger partial charge in [0.15, 0.2) is 0 Å². The lowest BCUT2D eigenvalue weighted by atomic mass is 10.2. The van der Waals surface area contributed by atoms with Gasteiger partial charge in [-0.25, -0.2) is 0 Å². The molecule has 5 nitrogen and oxygen atoms in total. The third-order valence-corrected chi connectivity index (χ3v) is 2.34. The number of amides is 1. The van der Waals surface area contributed by atoms with Gasteiger partial charge in [0.05, 0.1) is 5.88 Å². The molecule has 16 heavy (non-hydrogen) atoms. The Labute approximate surface area is 100 Å². The summed E-state index contributed by atoms with van der Waals surface area (Å²) in [5.74, 6) is 1.52. The van der Waals surface area contributed by atoms with Crippen molar-refractivity contribution in [3.63, 3.8) is 0 Å². The highest BCUT2D eigenvalue weighted by atomic mass is 35.5. The van der Waals surface area contributed by atoms with Crippen LogP contribution in [0.1, 0.15) is 26.1 Å². The van der Waals surface area contributed by atoms with Crippen molar-refractivity contribution in [2.75, 3.05) is 6.54 Å². The van der Waals surface area contributed by atoms with E-state index in [1.807, 2.05) is 0 Å². The van der Waals surface area contributed by atoms with E-state index < -0.39 is 0 Å². The van der Waals surface area contributed by atoms with Crippen LogP contribution >= 0.6 is 11.6 Å². The maximum absolute atomic E-state index is 11.4. The van der Waals surface area contributed by atoms with Gasteiger partial charge in [0.25, 0.3) is 0 Å². The van der Waals surface area contributed by atoms with E-state index in [0.29, 0.717) is 37.1 Å². The molecule has 0 bridgehead atoms. The van der Waals surface area contributed by atoms with Crippen LogP contribution in [0.3, 0.4) is 0 Å². The molecule has 0 aliphatic heterocycles. The van der Waals surface area contributed by atoms with Crippen molar-refractivity contribution in [1.29, 1.82) is 0 Å². The molecular weight excluding hydrogens is 228 g/mol. The normalized spacial score (nSPS) is 10.8. The summed E-state index contributed by atoms with van der Waals surface area (Å²) in [5, 5.41) is 10.4. The molecule has 1 amide bonds. The fourth-order valence-electron chi connectivity index (χ4n) is 1.20. The molecule has 0 aliphatic rings. The summed E-state index contributed by atoms with van der Waals surface area (Å²) >= 11 is 5.67. The number of halogens is 1. The number of carbonyl (C=O) groups excluding carboxylic acids is 1. The largest absolute Gasteiger partial charge is 0.356 e. The first-order chi connectivity index (χ1) is 7.63. The van der Waals surface area contributed by atoms with Crippen LogP contribution in [-0.2, 0) is 17.2 Å². The lowest BCUT2D eigenvalue weighted by Crippen LogP contribution is -2.28. The second-order valence-electron chi connectivity index (χ2n) is 4.02. The SMILES string of the molecule is CC(C)CNC(=O)CCn1cnnc1CCl. The molecule has 1 N–H and O–H groups in total. The summed E-state index contributed by atoms with van der Waals surface area (Å²) < 4.78 is 1.79. The number of hydrogen-bond donors (Lipinski definition) is 1. The van der Waals surface area contributed by atoms with Crippen LogP contribution in [0.4, 0.5) is 0 Å². The summed E-state index contributed by atoms with van der Waals surface area (Å²) in [6.07, 6.45) is 2.02. The highest BCUT2D eigenvalue weighted by molar-refractivity contribution is 6.16. The molecule has 0 atom stereocenters. The van der Waals surface area contributed by atoms with Crippen LogP contribution in [0, 0.1) is 5.92 Å². The maximum atomic E-state index is 11.4. The molecule has 90 valence electrons. The molecule has 1 heterocycles. The van der Waals surface area contributed by atoms with Crippen molar-refractivity contribution < 1.29 is 4.79 Å². The number of rotatable bonds is 6. The predicted octanol–water partition coefficient (Wildman–Crippen LogP) is 1.18. The van der Waals surface area contributed by atoms with Gasteiger partial charge in [0.1, 0.15) is 12.2 Å². The van der Waals surface area contributed by atoms with Gasteiger partial charge < -0.3 is 9.88 Å². The van der Waals surface area contributed by atoms with Crippen molar-refractivity contribution >= 4 is 17.5 Å². The Morgan fingerprint density at radius 1 is 1.62 bits per heavy atom. The smallest absolute Gasteiger partial charge is 0.221 e. The van der Waals surface area contributed by atoms with E-state index in [4.69, 9.17) is 11.6 Å². The Morgan fingerprint density at radius 3 is 3.00 bits per heavy atom. The van der Waals surface area contributed by atoms with E-state index >= 15 is 0 Å². The minimum absolute atomic E-state index is 0.0444. The van der Waals surface area contributed by atoms with Crippen LogP contribution in [0.25, 0.3) is 0 Å². The third-order valence-electron chi connectivity index (χ3n) is 2.10. The summed E-state index contributed by atoms with van der Waals surface area (Å²) in [6.45, 7) is 5.40. The zero-order chi connectivity index (χ0) is 12.0. The first kappa shape index (κ1) is 13.0. The van der Waals surface area contributed by atoms with Crippen LogP contribution < -0.4 is 5.32 Å². The topological polar surface area (TPSA) is 59.8 Å². The van der Waals surface area contributed by atoms with E-state index in [-0.39, 0.29) is 5.91 Å². The molecule has 0 aromatic carbocycles. The quantitative estimate of drug-likeness (QED) is 0.765. The molecular formula is C10H17ClN4O. The summed E-state index contributed by atoms with van der Waals surface area (Å²) in [6, 6.07) is 0. The van der Waals surface area contributed by atoms with Gasteiger partial charge in [-0.05, 0) is 5.92 Å². The lowest BCUT2D eigenvalue weighted by molar-refractivity contribution is -0.121.